The Morgan fingerprint density at radius 3 is 1.57 bits per heavy atom. The molecule has 10 heteroatoms. The molecular weight excluding hydrogens is 534 g/mol. The monoisotopic (exact) mass is 597 g/mol. The third-order valence-electron chi connectivity index (χ3n) is 7.66. The van der Waals surface area contributed by atoms with Crippen LogP contribution in [-0.2, 0) is 19.2 Å². The van der Waals surface area contributed by atoms with Gasteiger partial charge < -0.3 is 32.5 Å². The van der Waals surface area contributed by atoms with Crippen molar-refractivity contribution < 1.29 is 24.3 Å². The van der Waals surface area contributed by atoms with Crippen molar-refractivity contribution in [2.24, 2.45) is 17.4 Å². The third kappa shape index (κ3) is 20.6. The predicted molar refractivity (Wildman–Crippen MR) is 170 cm³/mol. The number of rotatable bonds is 28. The highest BCUT2D eigenvalue weighted by molar-refractivity contribution is 5.93. The van der Waals surface area contributed by atoms with E-state index in [1.54, 1.807) is 13.8 Å². The van der Waals surface area contributed by atoms with Crippen molar-refractivity contribution in [2.75, 3.05) is 13.1 Å². The average molecular weight is 598 g/mol. The van der Waals surface area contributed by atoms with E-state index in [9.17, 15) is 24.3 Å². The van der Waals surface area contributed by atoms with Crippen LogP contribution in [0.3, 0.4) is 0 Å². The van der Waals surface area contributed by atoms with Crippen LogP contribution >= 0.6 is 0 Å². The Balaban J connectivity index is 4.60. The van der Waals surface area contributed by atoms with Gasteiger partial charge in [0, 0.05) is 6.42 Å². The van der Waals surface area contributed by atoms with Gasteiger partial charge >= 0.3 is 5.97 Å². The number of hydrogen-bond donors (Lipinski definition) is 6. The number of unbranched alkanes of at least 4 members (excludes halogenated alkanes) is 13. The number of carbonyl (C=O) groups is 4. The number of nitrogens with one attached hydrogen (secondary N) is 3. The standard InChI is InChI=1S/C32H63N5O5/c1-4-5-6-7-8-9-10-11-12-13-14-15-16-22-28(38)35-26(21-19-24-34)30(39)37-29(25(2)3)31(40)36-27(32(41)42)20-17-18-23-33/h25-27,29H,4-24,33-34H2,1-3H3,(H,35,38)(H,36,40)(H,37,39)(H,41,42)/t26-,27-,29-/m0/s1. The van der Waals surface area contributed by atoms with Crippen LogP contribution in [0.15, 0.2) is 0 Å². The molecule has 8 N–H and O–H groups in total. The molecule has 3 amide bonds. The number of hydrogen-bond acceptors (Lipinski definition) is 6. The fourth-order valence-corrected chi connectivity index (χ4v) is 4.96. The first kappa shape index (κ1) is 39.8. The van der Waals surface area contributed by atoms with Crippen LogP contribution in [0.25, 0.3) is 0 Å². The number of amides is 3. The Kier molecular flexibility index (Phi) is 25.0. The first-order valence-corrected chi connectivity index (χ1v) is 16.7. The number of carboxylic acids is 1. The molecule has 0 aromatic carbocycles. The van der Waals surface area contributed by atoms with E-state index in [-0.39, 0.29) is 18.2 Å². The van der Waals surface area contributed by atoms with E-state index in [1.807, 2.05) is 0 Å². The zero-order valence-electron chi connectivity index (χ0n) is 26.9. The Morgan fingerprint density at radius 2 is 1.10 bits per heavy atom. The normalized spacial score (nSPS) is 13.4. The van der Waals surface area contributed by atoms with Gasteiger partial charge in [0.05, 0.1) is 0 Å². The van der Waals surface area contributed by atoms with Gasteiger partial charge in [-0.05, 0) is 57.5 Å². The molecule has 0 fully saturated rings. The summed E-state index contributed by atoms with van der Waals surface area (Å²) in [6.07, 6.45) is 18.7. The van der Waals surface area contributed by atoms with Gasteiger partial charge in [0.25, 0.3) is 0 Å². The van der Waals surface area contributed by atoms with Crippen molar-refractivity contribution >= 4 is 23.7 Å². The molecule has 0 aliphatic heterocycles. The number of aliphatic carboxylic acids is 1. The molecule has 42 heavy (non-hydrogen) atoms. The van der Waals surface area contributed by atoms with Crippen LogP contribution in [0.5, 0.6) is 0 Å². The molecule has 246 valence electrons. The van der Waals surface area contributed by atoms with E-state index in [0.29, 0.717) is 45.2 Å². The van der Waals surface area contributed by atoms with Gasteiger partial charge in [-0.3, -0.25) is 14.4 Å². The minimum Gasteiger partial charge on any atom is -0.480 e. The summed E-state index contributed by atoms with van der Waals surface area (Å²) in [6, 6.07) is -2.81. The van der Waals surface area contributed by atoms with Gasteiger partial charge in [0.15, 0.2) is 0 Å². The van der Waals surface area contributed by atoms with E-state index in [4.69, 9.17) is 11.5 Å². The van der Waals surface area contributed by atoms with Crippen LogP contribution in [0.2, 0.25) is 0 Å². The van der Waals surface area contributed by atoms with Crippen molar-refractivity contribution in [3.63, 3.8) is 0 Å². The lowest BCUT2D eigenvalue weighted by molar-refractivity contribution is -0.142. The second kappa shape index (κ2) is 26.4. The van der Waals surface area contributed by atoms with Crippen LogP contribution in [0.4, 0.5) is 0 Å². The summed E-state index contributed by atoms with van der Waals surface area (Å²) < 4.78 is 0. The van der Waals surface area contributed by atoms with Crippen LogP contribution in [0.1, 0.15) is 143 Å². The molecule has 0 aromatic heterocycles. The minimum atomic E-state index is -1.13. The summed E-state index contributed by atoms with van der Waals surface area (Å²) >= 11 is 0. The second-order valence-electron chi connectivity index (χ2n) is 12.0. The topological polar surface area (TPSA) is 177 Å². The minimum absolute atomic E-state index is 0.188. The maximum atomic E-state index is 13.1. The maximum absolute atomic E-state index is 13.1. The Labute approximate surface area is 255 Å². The Hall–Kier alpha value is -2.20. The molecule has 0 aliphatic carbocycles. The molecule has 3 atom stereocenters. The molecule has 0 saturated carbocycles. The van der Waals surface area contributed by atoms with Gasteiger partial charge in [-0.15, -0.1) is 0 Å². The fraction of sp³-hybridized carbons (Fsp3) is 0.875. The molecule has 0 unspecified atom stereocenters. The molecule has 0 heterocycles. The number of nitrogens with two attached hydrogens (primary N) is 2. The number of carbonyl (C=O) groups excluding carboxylic acids is 3. The van der Waals surface area contributed by atoms with Crippen molar-refractivity contribution in [3.05, 3.63) is 0 Å². The maximum Gasteiger partial charge on any atom is 0.326 e. The van der Waals surface area contributed by atoms with Crippen LogP contribution in [-0.4, -0.2) is 60.0 Å². The third-order valence-corrected chi connectivity index (χ3v) is 7.66. The van der Waals surface area contributed by atoms with Gasteiger partial charge in [0.1, 0.15) is 18.1 Å². The summed E-state index contributed by atoms with van der Waals surface area (Å²) in [5.41, 5.74) is 11.1. The molecule has 0 rings (SSSR count). The van der Waals surface area contributed by atoms with Crippen molar-refractivity contribution in [1.29, 1.82) is 0 Å². The summed E-state index contributed by atoms with van der Waals surface area (Å²) in [7, 11) is 0. The molecule has 10 nitrogen and oxygen atoms in total. The summed E-state index contributed by atoms with van der Waals surface area (Å²) in [5, 5.41) is 17.6. The summed E-state index contributed by atoms with van der Waals surface area (Å²) in [4.78, 5) is 50.4. The smallest absolute Gasteiger partial charge is 0.326 e. The number of carboxylic acid groups (broad SMARTS) is 1. The van der Waals surface area contributed by atoms with E-state index in [2.05, 4.69) is 22.9 Å². The predicted octanol–water partition coefficient (Wildman–Crippen LogP) is 4.53. The average Bonchev–Trinajstić information content (AvgIpc) is 2.95. The van der Waals surface area contributed by atoms with Crippen LogP contribution in [0, 0.1) is 5.92 Å². The van der Waals surface area contributed by atoms with Crippen LogP contribution < -0.4 is 27.4 Å². The lowest BCUT2D eigenvalue weighted by atomic mass is 10.0. The van der Waals surface area contributed by atoms with E-state index >= 15 is 0 Å². The lowest BCUT2D eigenvalue weighted by Gasteiger charge is -2.26. The van der Waals surface area contributed by atoms with Crippen molar-refractivity contribution in [1.82, 2.24) is 16.0 Å². The molecule has 0 aliphatic rings. The second-order valence-corrected chi connectivity index (χ2v) is 12.0. The van der Waals surface area contributed by atoms with E-state index in [0.717, 1.165) is 19.3 Å². The van der Waals surface area contributed by atoms with E-state index < -0.39 is 35.9 Å². The zero-order valence-corrected chi connectivity index (χ0v) is 26.9. The Morgan fingerprint density at radius 1 is 0.595 bits per heavy atom. The first-order chi connectivity index (χ1) is 20.2. The SMILES string of the molecule is CCCCCCCCCCCCCCCC(=O)N[C@@H](CCCN)C(=O)N[C@H](C(=O)N[C@@H](CCCCN)C(=O)O)C(C)C. The van der Waals surface area contributed by atoms with Crippen molar-refractivity contribution in [2.45, 2.75) is 161 Å². The molecule has 0 aromatic rings. The van der Waals surface area contributed by atoms with Gasteiger partial charge in [-0.25, -0.2) is 4.79 Å². The van der Waals surface area contributed by atoms with Gasteiger partial charge in [-0.2, -0.15) is 0 Å². The highest BCUT2D eigenvalue weighted by Crippen LogP contribution is 2.13. The zero-order chi connectivity index (χ0) is 31.6. The molecular formula is C32H63N5O5. The molecule has 0 radical (unpaired) electrons. The lowest BCUT2D eigenvalue weighted by Crippen LogP contribution is -2.57. The molecule has 0 bridgehead atoms. The molecule has 0 saturated heterocycles. The first-order valence-electron chi connectivity index (χ1n) is 16.7. The van der Waals surface area contributed by atoms with Crippen molar-refractivity contribution in [3.8, 4) is 0 Å². The highest BCUT2D eigenvalue weighted by atomic mass is 16.4. The van der Waals surface area contributed by atoms with Gasteiger partial charge in [0.2, 0.25) is 17.7 Å². The Bertz CT molecular complexity index is 734. The molecule has 0 spiro atoms. The van der Waals surface area contributed by atoms with E-state index in [1.165, 1.54) is 64.2 Å². The summed E-state index contributed by atoms with van der Waals surface area (Å²) in [6.45, 7) is 6.61. The fourth-order valence-electron chi connectivity index (χ4n) is 4.96. The largest absolute Gasteiger partial charge is 0.480 e. The summed E-state index contributed by atoms with van der Waals surface area (Å²) in [5.74, 6) is -2.63. The van der Waals surface area contributed by atoms with Gasteiger partial charge in [-0.1, -0.05) is 97.8 Å². The quantitative estimate of drug-likeness (QED) is 0.0718. The highest BCUT2D eigenvalue weighted by Gasteiger charge is 2.31.